The molecule has 1 aromatic rings. The first-order valence-electron chi connectivity index (χ1n) is 7.17. The first-order valence-corrected chi connectivity index (χ1v) is 7.17. The van der Waals surface area contributed by atoms with E-state index < -0.39 is 17.6 Å². The highest BCUT2D eigenvalue weighted by molar-refractivity contribution is 5.26. The van der Waals surface area contributed by atoms with Crippen LogP contribution in [0.5, 0.6) is 0 Å². The van der Waals surface area contributed by atoms with Gasteiger partial charge in [0.1, 0.15) is 5.82 Å². The van der Waals surface area contributed by atoms with Gasteiger partial charge >= 0.3 is 6.18 Å². The number of nitrogens with one attached hydrogen (secondary N) is 1. The van der Waals surface area contributed by atoms with Crippen LogP contribution in [0.1, 0.15) is 30.9 Å². The van der Waals surface area contributed by atoms with E-state index in [1.54, 1.807) is 0 Å². The molecule has 21 heavy (non-hydrogen) atoms. The Bertz CT molecular complexity index is 467. The molecule has 1 N–H and O–H groups in total. The molecule has 1 aromatic carbocycles. The number of halogens is 4. The van der Waals surface area contributed by atoms with Crippen molar-refractivity contribution < 1.29 is 17.6 Å². The molecule has 0 spiro atoms. The first kappa shape index (κ1) is 16.2. The van der Waals surface area contributed by atoms with Crippen molar-refractivity contribution in [2.24, 2.45) is 0 Å². The third-order valence-corrected chi connectivity index (χ3v) is 3.82. The first-order chi connectivity index (χ1) is 9.86. The monoisotopic (exact) mass is 304 g/mol. The van der Waals surface area contributed by atoms with Gasteiger partial charge in [0.25, 0.3) is 0 Å². The summed E-state index contributed by atoms with van der Waals surface area (Å²) in [4.78, 5) is 2.35. The highest BCUT2D eigenvalue weighted by Gasteiger charge is 2.31. The van der Waals surface area contributed by atoms with Gasteiger partial charge in [-0.25, -0.2) is 4.39 Å². The molecule has 1 atom stereocenters. The maximum absolute atomic E-state index is 13.3. The quantitative estimate of drug-likeness (QED) is 0.839. The fourth-order valence-electron chi connectivity index (χ4n) is 2.65. The molecule has 0 aromatic heterocycles. The summed E-state index contributed by atoms with van der Waals surface area (Å²) in [5.74, 6) is -0.853. The van der Waals surface area contributed by atoms with E-state index in [1.165, 1.54) is 12.8 Å². The lowest BCUT2D eigenvalue weighted by molar-refractivity contribution is -0.137. The number of likely N-dealkylation sites (tertiary alicyclic amines) is 1. The Labute approximate surface area is 122 Å². The number of hydrogen-bond donors (Lipinski definition) is 1. The van der Waals surface area contributed by atoms with Crippen LogP contribution in [0.15, 0.2) is 18.2 Å². The van der Waals surface area contributed by atoms with Crippen molar-refractivity contribution in [1.29, 1.82) is 0 Å². The molecular formula is C15H20F4N2. The van der Waals surface area contributed by atoms with E-state index in [0.717, 1.165) is 25.2 Å². The standard InChI is InChI=1S/C15H20F4N2/c1-11(21-4-2-3-5-21)9-20-10-12-6-13(15(17,18)19)8-14(16)7-12/h6-8,11,20H,2-5,9-10H2,1H3. The smallest absolute Gasteiger partial charge is 0.311 e. The molecule has 0 bridgehead atoms. The molecule has 118 valence electrons. The maximum Gasteiger partial charge on any atom is 0.416 e. The van der Waals surface area contributed by atoms with Crippen LogP contribution in [-0.2, 0) is 12.7 Å². The number of benzene rings is 1. The molecule has 0 amide bonds. The van der Waals surface area contributed by atoms with Gasteiger partial charge in [0.2, 0.25) is 0 Å². The second kappa shape index (κ2) is 6.75. The third-order valence-electron chi connectivity index (χ3n) is 3.82. The maximum atomic E-state index is 13.3. The van der Waals surface area contributed by atoms with E-state index in [9.17, 15) is 17.6 Å². The lowest BCUT2D eigenvalue weighted by atomic mass is 10.1. The van der Waals surface area contributed by atoms with Crippen molar-refractivity contribution in [3.05, 3.63) is 35.1 Å². The molecule has 1 unspecified atom stereocenters. The Balaban J connectivity index is 1.89. The van der Waals surface area contributed by atoms with Crippen LogP contribution in [0.3, 0.4) is 0 Å². The Morgan fingerprint density at radius 3 is 2.48 bits per heavy atom. The zero-order chi connectivity index (χ0) is 15.5. The largest absolute Gasteiger partial charge is 0.416 e. The number of hydrogen-bond acceptors (Lipinski definition) is 2. The topological polar surface area (TPSA) is 15.3 Å². The molecule has 1 aliphatic heterocycles. The van der Waals surface area contributed by atoms with Crippen molar-refractivity contribution >= 4 is 0 Å². The van der Waals surface area contributed by atoms with Gasteiger partial charge in [0.05, 0.1) is 5.56 Å². The molecule has 2 rings (SSSR count). The minimum atomic E-state index is -4.51. The molecule has 2 nitrogen and oxygen atoms in total. The van der Waals surface area contributed by atoms with Crippen LogP contribution in [0.25, 0.3) is 0 Å². The lowest BCUT2D eigenvalue weighted by Crippen LogP contribution is -2.38. The fourth-order valence-corrected chi connectivity index (χ4v) is 2.65. The lowest BCUT2D eigenvalue weighted by Gasteiger charge is -2.24. The SMILES string of the molecule is CC(CNCc1cc(F)cc(C(F)(F)F)c1)N1CCCC1. The highest BCUT2D eigenvalue weighted by Crippen LogP contribution is 2.30. The fraction of sp³-hybridized carbons (Fsp3) is 0.600. The van der Waals surface area contributed by atoms with E-state index in [0.29, 0.717) is 24.2 Å². The Morgan fingerprint density at radius 1 is 1.19 bits per heavy atom. The second-order valence-corrected chi connectivity index (χ2v) is 5.57. The van der Waals surface area contributed by atoms with Crippen molar-refractivity contribution in [1.82, 2.24) is 10.2 Å². The molecule has 0 radical (unpaired) electrons. The summed E-state index contributed by atoms with van der Waals surface area (Å²) >= 11 is 0. The van der Waals surface area contributed by atoms with Crippen LogP contribution >= 0.6 is 0 Å². The van der Waals surface area contributed by atoms with Gasteiger partial charge in [0, 0.05) is 19.1 Å². The van der Waals surface area contributed by atoms with Crippen LogP contribution < -0.4 is 5.32 Å². The van der Waals surface area contributed by atoms with E-state index >= 15 is 0 Å². The summed E-state index contributed by atoms with van der Waals surface area (Å²) in [7, 11) is 0. The van der Waals surface area contributed by atoms with Crippen molar-refractivity contribution in [2.45, 2.75) is 38.5 Å². The average Bonchev–Trinajstić information content (AvgIpc) is 2.90. The molecule has 1 saturated heterocycles. The Morgan fingerprint density at radius 2 is 1.86 bits per heavy atom. The van der Waals surface area contributed by atoms with E-state index in [4.69, 9.17) is 0 Å². The highest BCUT2D eigenvalue weighted by atomic mass is 19.4. The van der Waals surface area contributed by atoms with Crippen molar-refractivity contribution in [3.8, 4) is 0 Å². The molecule has 1 heterocycles. The number of rotatable bonds is 5. The predicted molar refractivity (Wildman–Crippen MR) is 73.4 cm³/mol. The molecule has 1 aliphatic rings. The Hall–Kier alpha value is -1.14. The van der Waals surface area contributed by atoms with Gasteiger partial charge in [-0.1, -0.05) is 0 Å². The second-order valence-electron chi connectivity index (χ2n) is 5.57. The van der Waals surface area contributed by atoms with Crippen LogP contribution in [0, 0.1) is 5.82 Å². The minimum Gasteiger partial charge on any atom is -0.311 e. The summed E-state index contributed by atoms with van der Waals surface area (Å²) in [6.45, 7) is 5.14. The van der Waals surface area contributed by atoms with Crippen LogP contribution in [-0.4, -0.2) is 30.6 Å². The summed E-state index contributed by atoms with van der Waals surface area (Å²) in [6, 6.07) is 3.00. The van der Waals surface area contributed by atoms with Crippen molar-refractivity contribution in [3.63, 3.8) is 0 Å². The average molecular weight is 304 g/mol. The van der Waals surface area contributed by atoms with Gasteiger partial charge in [0.15, 0.2) is 0 Å². The summed E-state index contributed by atoms with van der Waals surface area (Å²) in [5.41, 5.74) is -0.622. The minimum absolute atomic E-state index is 0.235. The van der Waals surface area contributed by atoms with E-state index in [-0.39, 0.29) is 6.54 Å². The van der Waals surface area contributed by atoms with Crippen LogP contribution in [0.4, 0.5) is 17.6 Å². The number of nitrogens with zero attached hydrogens (tertiary/aromatic N) is 1. The molecule has 6 heteroatoms. The molecule has 1 fully saturated rings. The van der Waals surface area contributed by atoms with Gasteiger partial charge in [-0.2, -0.15) is 13.2 Å². The number of alkyl halides is 3. The summed E-state index contributed by atoms with van der Waals surface area (Å²) in [6.07, 6.45) is -2.12. The summed E-state index contributed by atoms with van der Waals surface area (Å²) < 4.78 is 51.1. The van der Waals surface area contributed by atoms with Crippen LogP contribution in [0.2, 0.25) is 0 Å². The van der Waals surface area contributed by atoms with E-state index in [1.807, 2.05) is 0 Å². The molecule has 0 aliphatic carbocycles. The normalized spacial score (nSPS) is 18.1. The van der Waals surface area contributed by atoms with Crippen molar-refractivity contribution in [2.75, 3.05) is 19.6 Å². The summed E-state index contributed by atoms with van der Waals surface area (Å²) in [5, 5.41) is 3.11. The van der Waals surface area contributed by atoms with E-state index in [2.05, 4.69) is 17.1 Å². The zero-order valence-corrected chi connectivity index (χ0v) is 12.0. The van der Waals surface area contributed by atoms with Gasteiger partial charge in [-0.3, -0.25) is 4.90 Å². The van der Waals surface area contributed by atoms with Gasteiger partial charge in [-0.05, 0) is 56.6 Å². The van der Waals surface area contributed by atoms with Gasteiger partial charge < -0.3 is 5.32 Å². The molecule has 0 saturated carbocycles. The third kappa shape index (κ3) is 4.68. The Kier molecular flexibility index (Phi) is 5.22. The molecular weight excluding hydrogens is 284 g/mol. The van der Waals surface area contributed by atoms with Gasteiger partial charge in [-0.15, -0.1) is 0 Å². The zero-order valence-electron chi connectivity index (χ0n) is 12.0. The predicted octanol–water partition coefficient (Wildman–Crippen LogP) is 3.42.